The molecular formula is C9H16F3NO2. The zero-order chi connectivity index (χ0) is 12.1. The zero-order valence-electron chi connectivity index (χ0n) is 8.80. The molecule has 0 aliphatic rings. The van der Waals surface area contributed by atoms with Crippen molar-refractivity contribution in [3.8, 4) is 0 Å². The molecule has 6 heteroatoms. The third-order valence-corrected chi connectivity index (χ3v) is 2.03. The number of hydrogen-bond acceptors (Lipinski definition) is 3. The largest absolute Gasteiger partial charge is 0.465 e. The average molecular weight is 227 g/mol. The van der Waals surface area contributed by atoms with Crippen molar-refractivity contribution in [2.24, 2.45) is 11.7 Å². The Bertz CT molecular complexity index is 206. The molecule has 0 aliphatic carbocycles. The van der Waals surface area contributed by atoms with Gasteiger partial charge in [-0.05, 0) is 6.42 Å². The van der Waals surface area contributed by atoms with Crippen LogP contribution in [0.2, 0.25) is 0 Å². The van der Waals surface area contributed by atoms with Crippen LogP contribution in [0.4, 0.5) is 13.2 Å². The summed E-state index contributed by atoms with van der Waals surface area (Å²) >= 11 is 0. The van der Waals surface area contributed by atoms with Gasteiger partial charge in [0, 0.05) is 0 Å². The Morgan fingerprint density at radius 2 is 2.00 bits per heavy atom. The number of hydrogen-bond donors (Lipinski definition) is 1. The van der Waals surface area contributed by atoms with Crippen LogP contribution in [-0.4, -0.2) is 24.8 Å². The van der Waals surface area contributed by atoms with E-state index in [4.69, 9.17) is 5.73 Å². The van der Waals surface area contributed by atoms with Crippen LogP contribution < -0.4 is 5.73 Å². The highest BCUT2D eigenvalue weighted by Crippen LogP contribution is 2.24. The Labute approximate surface area is 86.8 Å². The smallest absolute Gasteiger partial charge is 0.404 e. The van der Waals surface area contributed by atoms with Gasteiger partial charge in [0.05, 0.1) is 12.5 Å². The van der Waals surface area contributed by atoms with E-state index in [0.29, 0.717) is 6.42 Å². The fourth-order valence-electron chi connectivity index (χ4n) is 0.879. The van der Waals surface area contributed by atoms with Crippen molar-refractivity contribution in [2.75, 3.05) is 6.61 Å². The predicted molar refractivity (Wildman–Crippen MR) is 49.1 cm³/mol. The molecule has 0 aromatic rings. The van der Waals surface area contributed by atoms with Crippen molar-refractivity contribution in [3.05, 3.63) is 0 Å². The molecule has 0 saturated heterocycles. The van der Waals surface area contributed by atoms with Crippen LogP contribution in [0.25, 0.3) is 0 Å². The molecule has 0 fully saturated rings. The van der Waals surface area contributed by atoms with Crippen molar-refractivity contribution < 1.29 is 22.7 Å². The lowest BCUT2D eigenvalue weighted by molar-refractivity contribution is -0.174. The first-order chi connectivity index (χ1) is 6.80. The minimum Gasteiger partial charge on any atom is -0.465 e. The number of nitrogens with two attached hydrogens (primary N) is 1. The molecule has 2 N–H and O–H groups in total. The van der Waals surface area contributed by atoms with Crippen LogP contribution in [0.5, 0.6) is 0 Å². The van der Waals surface area contributed by atoms with Crippen LogP contribution in [-0.2, 0) is 9.53 Å². The molecule has 0 bridgehead atoms. The van der Waals surface area contributed by atoms with Crippen LogP contribution in [0.1, 0.15) is 26.7 Å². The lowest BCUT2D eigenvalue weighted by Crippen LogP contribution is -2.46. The molecule has 0 saturated carbocycles. The molecule has 0 aromatic carbocycles. The molecule has 0 aromatic heterocycles. The Kier molecular flexibility index (Phi) is 5.64. The van der Waals surface area contributed by atoms with Crippen LogP contribution in [0.15, 0.2) is 0 Å². The Balaban J connectivity index is 4.08. The maximum absolute atomic E-state index is 12.1. The van der Waals surface area contributed by atoms with Gasteiger partial charge in [-0.1, -0.05) is 20.3 Å². The summed E-state index contributed by atoms with van der Waals surface area (Å²) in [5, 5.41) is 0. The monoisotopic (exact) mass is 227 g/mol. The maximum atomic E-state index is 12.1. The number of alkyl halides is 3. The van der Waals surface area contributed by atoms with Gasteiger partial charge in [-0.15, -0.1) is 0 Å². The lowest BCUT2D eigenvalue weighted by atomic mass is 10.0. The summed E-state index contributed by atoms with van der Waals surface area (Å²) in [4.78, 5) is 11.1. The van der Waals surface area contributed by atoms with E-state index in [1.54, 1.807) is 0 Å². The lowest BCUT2D eigenvalue weighted by Gasteiger charge is -2.20. The van der Waals surface area contributed by atoms with Gasteiger partial charge in [0.2, 0.25) is 0 Å². The quantitative estimate of drug-likeness (QED) is 0.576. The van der Waals surface area contributed by atoms with Crippen molar-refractivity contribution in [2.45, 2.75) is 38.9 Å². The average Bonchev–Trinajstić information content (AvgIpc) is 2.14. The minimum atomic E-state index is -4.57. The number of unbranched alkanes of at least 4 members (excludes halogenated alkanes) is 1. The third kappa shape index (κ3) is 5.01. The van der Waals surface area contributed by atoms with Gasteiger partial charge in [-0.25, -0.2) is 0 Å². The summed E-state index contributed by atoms with van der Waals surface area (Å²) in [5.41, 5.74) is 4.87. The van der Waals surface area contributed by atoms with Gasteiger partial charge < -0.3 is 10.5 Å². The fraction of sp³-hybridized carbons (Fsp3) is 0.889. The van der Waals surface area contributed by atoms with E-state index < -0.39 is 24.1 Å². The first-order valence-corrected chi connectivity index (χ1v) is 4.79. The van der Waals surface area contributed by atoms with Gasteiger partial charge in [-0.3, -0.25) is 4.79 Å². The number of carbonyl (C=O) groups is 1. The summed E-state index contributed by atoms with van der Waals surface area (Å²) < 4.78 is 41.0. The fourth-order valence-corrected chi connectivity index (χ4v) is 0.879. The second kappa shape index (κ2) is 5.95. The van der Waals surface area contributed by atoms with Crippen LogP contribution in [0, 0.1) is 5.92 Å². The van der Waals surface area contributed by atoms with Gasteiger partial charge in [-0.2, -0.15) is 13.2 Å². The van der Waals surface area contributed by atoms with E-state index in [1.807, 2.05) is 6.92 Å². The normalized spacial score (nSPS) is 15.9. The first kappa shape index (κ1) is 14.2. The second-order valence-electron chi connectivity index (χ2n) is 3.38. The molecule has 0 rings (SSSR count). The van der Waals surface area contributed by atoms with E-state index in [1.165, 1.54) is 0 Å². The van der Waals surface area contributed by atoms with Crippen molar-refractivity contribution in [1.82, 2.24) is 0 Å². The third-order valence-electron chi connectivity index (χ3n) is 2.03. The first-order valence-electron chi connectivity index (χ1n) is 4.79. The standard InChI is InChI=1S/C9H16F3NO2/c1-3-4-5-15-8(14)6(2)7(13)9(10,11)12/h6-7H,3-5,13H2,1-2H3/t6-,7-/m0/s1. The highest BCUT2D eigenvalue weighted by molar-refractivity contribution is 5.72. The number of carbonyl (C=O) groups excluding carboxylic acids is 1. The highest BCUT2D eigenvalue weighted by Gasteiger charge is 2.43. The van der Waals surface area contributed by atoms with Crippen molar-refractivity contribution in [1.29, 1.82) is 0 Å². The molecule has 0 spiro atoms. The Morgan fingerprint density at radius 1 is 1.47 bits per heavy atom. The zero-order valence-corrected chi connectivity index (χ0v) is 8.80. The van der Waals surface area contributed by atoms with Gasteiger partial charge in [0.25, 0.3) is 0 Å². The topological polar surface area (TPSA) is 52.3 Å². The molecule has 3 nitrogen and oxygen atoms in total. The molecule has 0 aliphatic heterocycles. The van der Waals surface area contributed by atoms with Gasteiger partial charge >= 0.3 is 12.1 Å². The van der Waals surface area contributed by atoms with Gasteiger partial charge in [0.1, 0.15) is 6.04 Å². The Hall–Kier alpha value is -0.780. The second-order valence-corrected chi connectivity index (χ2v) is 3.38. The Morgan fingerprint density at radius 3 is 2.40 bits per heavy atom. The van der Waals surface area contributed by atoms with E-state index in [-0.39, 0.29) is 6.61 Å². The number of ether oxygens (including phenoxy) is 1. The SMILES string of the molecule is CCCCOC(=O)[C@@H](C)[C@H](N)C(F)(F)F. The number of esters is 1. The van der Waals surface area contributed by atoms with Gasteiger partial charge in [0.15, 0.2) is 0 Å². The molecule has 0 unspecified atom stereocenters. The van der Waals surface area contributed by atoms with Crippen LogP contribution in [0.3, 0.4) is 0 Å². The highest BCUT2D eigenvalue weighted by atomic mass is 19.4. The summed E-state index contributed by atoms with van der Waals surface area (Å²) in [6, 6.07) is -2.16. The number of rotatable bonds is 5. The molecule has 15 heavy (non-hydrogen) atoms. The summed E-state index contributed by atoms with van der Waals surface area (Å²) in [7, 11) is 0. The van der Waals surface area contributed by atoms with Crippen molar-refractivity contribution in [3.63, 3.8) is 0 Å². The summed E-state index contributed by atoms with van der Waals surface area (Å²) in [5.74, 6) is -2.25. The van der Waals surface area contributed by atoms with Crippen LogP contribution >= 0.6 is 0 Å². The van der Waals surface area contributed by atoms with E-state index >= 15 is 0 Å². The molecule has 2 atom stereocenters. The predicted octanol–water partition coefficient (Wildman–Crippen LogP) is 1.86. The van der Waals surface area contributed by atoms with E-state index in [9.17, 15) is 18.0 Å². The van der Waals surface area contributed by atoms with Crippen molar-refractivity contribution >= 4 is 5.97 Å². The number of halogens is 3. The molecule has 0 heterocycles. The summed E-state index contributed by atoms with van der Waals surface area (Å²) in [6.45, 7) is 3.15. The molecule has 0 radical (unpaired) electrons. The minimum absolute atomic E-state index is 0.143. The molecule has 0 amide bonds. The maximum Gasteiger partial charge on any atom is 0.404 e. The molecular weight excluding hydrogens is 211 g/mol. The molecule has 90 valence electrons. The summed E-state index contributed by atoms with van der Waals surface area (Å²) in [6.07, 6.45) is -3.12. The van der Waals surface area contributed by atoms with E-state index in [0.717, 1.165) is 13.3 Å². The van der Waals surface area contributed by atoms with E-state index in [2.05, 4.69) is 4.74 Å².